The molecule has 3 N–H and O–H groups in total. The fourth-order valence-electron chi connectivity index (χ4n) is 6.31. The van der Waals surface area contributed by atoms with Crippen LogP contribution in [0.1, 0.15) is 25.3 Å². The highest BCUT2D eigenvalue weighted by Crippen LogP contribution is 2.39. The van der Waals surface area contributed by atoms with E-state index in [2.05, 4.69) is 83.7 Å². The predicted octanol–water partition coefficient (Wildman–Crippen LogP) is 5.59. The van der Waals surface area contributed by atoms with E-state index in [4.69, 9.17) is 9.72 Å². The lowest BCUT2D eigenvalue weighted by atomic mass is 9.91. The molecule has 0 aliphatic carbocycles. The molecule has 0 unspecified atom stereocenters. The lowest BCUT2D eigenvalue weighted by Crippen LogP contribution is -2.65. The summed E-state index contributed by atoms with van der Waals surface area (Å²) in [5.41, 5.74) is 4.41. The SMILES string of the molecule is CCc1cc(Nc2ncc(Br)c(Nc3ccc4nccnc4c3P(C)C)n2)c(OC)cc1N1CCC(N2CC(F)(CO)C2)CC1. The lowest BCUT2D eigenvalue weighted by Gasteiger charge is -2.50. The normalized spacial score (nSPS) is 17.0. The van der Waals surface area contributed by atoms with Crippen LogP contribution in [-0.4, -0.2) is 94.9 Å². The highest BCUT2D eigenvalue weighted by molar-refractivity contribution is 9.10. The van der Waals surface area contributed by atoms with Gasteiger partial charge in [0.05, 0.1) is 34.9 Å². The Morgan fingerprint density at radius 2 is 1.84 bits per heavy atom. The second-order valence-corrected chi connectivity index (χ2v) is 15.0. The Morgan fingerprint density at radius 1 is 1.09 bits per heavy atom. The van der Waals surface area contributed by atoms with Gasteiger partial charge in [-0.05, 0) is 72.3 Å². The van der Waals surface area contributed by atoms with E-state index in [9.17, 15) is 9.50 Å². The molecule has 2 fully saturated rings. The number of halogens is 2. The Balaban J connectivity index is 1.21. The maximum absolute atomic E-state index is 14.3. The van der Waals surface area contributed by atoms with Gasteiger partial charge in [-0.15, -0.1) is 0 Å². The molecule has 45 heavy (non-hydrogen) atoms. The van der Waals surface area contributed by atoms with Crippen molar-refractivity contribution >= 4 is 69.0 Å². The van der Waals surface area contributed by atoms with Gasteiger partial charge < -0.3 is 25.4 Å². The Labute approximate surface area is 272 Å². The number of nitrogens with one attached hydrogen (secondary N) is 2. The Kier molecular flexibility index (Phi) is 9.38. The van der Waals surface area contributed by atoms with E-state index in [0.717, 1.165) is 70.2 Å². The van der Waals surface area contributed by atoms with Crippen molar-refractivity contribution < 1.29 is 14.2 Å². The van der Waals surface area contributed by atoms with Crippen LogP contribution in [0.25, 0.3) is 11.0 Å². The van der Waals surface area contributed by atoms with E-state index in [-0.39, 0.29) is 0 Å². The van der Waals surface area contributed by atoms with Crippen molar-refractivity contribution in [1.29, 1.82) is 0 Å². The third-order valence-electron chi connectivity index (χ3n) is 8.66. The van der Waals surface area contributed by atoms with E-state index in [1.807, 2.05) is 12.1 Å². The topological polar surface area (TPSA) is 112 Å². The first-order valence-corrected chi connectivity index (χ1v) is 18.2. The summed E-state index contributed by atoms with van der Waals surface area (Å²) >= 11 is 3.62. The van der Waals surface area contributed by atoms with Crippen molar-refractivity contribution in [2.24, 2.45) is 0 Å². The van der Waals surface area contributed by atoms with Crippen molar-refractivity contribution in [3.05, 3.63) is 52.9 Å². The molecule has 0 spiro atoms. The number of aliphatic hydroxyl groups is 1. The van der Waals surface area contributed by atoms with Crippen LogP contribution in [0, 0.1) is 0 Å². The first-order chi connectivity index (χ1) is 21.7. The predicted molar refractivity (Wildman–Crippen MR) is 184 cm³/mol. The number of alkyl halides is 1. The third-order valence-corrected chi connectivity index (χ3v) is 10.6. The van der Waals surface area contributed by atoms with Gasteiger partial charge in [-0.1, -0.05) is 14.8 Å². The smallest absolute Gasteiger partial charge is 0.229 e. The molecule has 0 bridgehead atoms. The largest absolute Gasteiger partial charge is 0.494 e. The number of fused-ring (bicyclic) bond motifs is 1. The van der Waals surface area contributed by atoms with Crippen LogP contribution in [-0.2, 0) is 6.42 Å². The van der Waals surface area contributed by atoms with Gasteiger partial charge in [0.1, 0.15) is 11.6 Å². The van der Waals surface area contributed by atoms with Gasteiger partial charge in [-0.3, -0.25) is 14.9 Å². The molecule has 13 heteroatoms. The Hall–Kier alpha value is -3.18. The number of aromatic nitrogens is 4. The molecular weight excluding hydrogens is 658 g/mol. The average Bonchev–Trinajstić information content (AvgIpc) is 3.04. The van der Waals surface area contributed by atoms with Gasteiger partial charge >= 0.3 is 0 Å². The zero-order valence-electron chi connectivity index (χ0n) is 26.0. The molecule has 2 saturated heterocycles. The molecule has 0 radical (unpaired) electrons. The summed E-state index contributed by atoms with van der Waals surface area (Å²) in [6, 6.07) is 8.56. The number of hydrogen-bond acceptors (Lipinski definition) is 10. The molecule has 238 valence electrons. The number of anilines is 5. The molecule has 0 atom stereocenters. The molecule has 0 amide bonds. The summed E-state index contributed by atoms with van der Waals surface area (Å²) < 4.78 is 20.8. The van der Waals surface area contributed by atoms with Crippen LogP contribution < -0.4 is 25.6 Å². The maximum atomic E-state index is 14.3. The number of likely N-dealkylation sites (tertiary alicyclic amines) is 1. The minimum atomic E-state index is -1.43. The summed E-state index contributed by atoms with van der Waals surface area (Å²) in [7, 11) is 1.18. The Bertz CT molecular complexity index is 1680. The molecule has 2 aliphatic rings. The number of hydrogen-bond donors (Lipinski definition) is 3. The number of methoxy groups -OCH3 is 1. The number of benzene rings is 2. The highest BCUT2D eigenvalue weighted by Gasteiger charge is 2.46. The van der Waals surface area contributed by atoms with E-state index in [0.29, 0.717) is 36.6 Å². The van der Waals surface area contributed by atoms with E-state index in [1.54, 1.807) is 25.7 Å². The fourth-order valence-corrected chi connectivity index (χ4v) is 7.81. The maximum Gasteiger partial charge on any atom is 0.229 e. The fraction of sp³-hybridized carbons (Fsp3) is 0.438. The molecule has 2 aromatic heterocycles. The lowest BCUT2D eigenvalue weighted by molar-refractivity contribution is -0.0896. The second kappa shape index (κ2) is 13.3. The van der Waals surface area contributed by atoms with Crippen LogP contribution in [0.5, 0.6) is 5.75 Å². The summed E-state index contributed by atoms with van der Waals surface area (Å²) in [6.07, 6.45) is 7.93. The standard InChI is InChI=1S/C32H39BrFN8O2P/c1-5-20-14-25(27(44-2)15-26(20)41-12-8-21(9-13-41)42-17-32(34,18-42)19-43)39-31-37-16-22(33)30(40-31)38-24-7-6-23-28(29(24)45(3)4)36-11-10-35-23/h6-7,10-11,14-16,21,43H,5,8-9,12-13,17-19H2,1-4H3,(H2,37,38,39,40). The molecule has 6 rings (SSSR count). The van der Waals surface area contributed by atoms with E-state index >= 15 is 0 Å². The molecular formula is C32H39BrFN8O2P. The van der Waals surface area contributed by atoms with Crippen molar-refractivity contribution in [3.63, 3.8) is 0 Å². The zero-order chi connectivity index (χ0) is 31.7. The zero-order valence-corrected chi connectivity index (χ0v) is 28.5. The molecule has 2 aromatic carbocycles. The molecule has 4 heterocycles. The van der Waals surface area contributed by atoms with Crippen LogP contribution in [0.2, 0.25) is 0 Å². The van der Waals surface area contributed by atoms with Crippen LogP contribution in [0.4, 0.5) is 33.2 Å². The minimum Gasteiger partial charge on any atom is -0.494 e. The van der Waals surface area contributed by atoms with Crippen LogP contribution in [0.15, 0.2) is 47.3 Å². The molecule has 2 aliphatic heterocycles. The summed E-state index contributed by atoms with van der Waals surface area (Å²) in [6.45, 7) is 8.58. The number of nitrogens with zero attached hydrogens (tertiary/aromatic N) is 6. The van der Waals surface area contributed by atoms with Crippen LogP contribution in [0.3, 0.4) is 0 Å². The van der Waals surface area contributed by atoms with E-state index < -0.39 is 20.2 Å². The molecule has 10 nitrogen and oxygen atoms in total. The first kappa shape index (κ1) is 31.8. The second-order valence-electron chi connectivity index (χ2n) is 11.9. The van der Waals surface area contributed by atoms with Crippen molar-refractivity contribution in [3.8, 4) is 5.75 Å². The summed E-state index contributed by atoms with van der Waals surface area (Å²) in [5.74, 6) is 1.78. The number of piperidine rings is 1. The van der Waals surface area contributed by atoms with Gasteiger partial charge in [0.25, 0.3) is 0 Å². The highest BCUT2D eigenvalue weighted by atomic mass is 79.9. The number of rotatable bonds is 10. The van der Waals surface area contributed by atoms with Gasteiger partial charge in [-0.2, -0.15) is 4.98 Å². The quantitative estimate of drug-likeness (QED) is 0.182. The van der Waals surface area contributed by atoms with Gasteiger partial charge in [0, 0.05) is 73.6 Å². The Morgan fingerprint density at radius 3 is 2.53 bits per heavy atom. The summed E-state index contributed by atoms with van der Waals surface area (Å²) in [4.78, 5) is 23.0. The van der Waals surface area contributed by atoms with Gasteiger partial charge in [-0.25, -0.2) is 9.37 Å². The van der Waals surface area contributed by atoms with Crippen LogP contribution >= 0.6 is 23.9 Å². The number of aryl methyl sites for hydroxylation is 1. The van der Waals surface area contributed by atoms with Gasteiger partial charge in [0.2, 0.25) is 5.95 Å². The van der Waals surface area contributed by atoms with Crippen molar-refractivity contribution in [1.82, 2.24) is 24.8 Å². The number of ether oxygens (including phenoxy) is 1. The summed E-state index contributed by atoms with van der Waals surface area (Å²) in [5, 5.41) is 17.3. The first-order valence-electron chi connectivity index (χ1n) is 15.2. The van der Waals surface area contributed by atoms with Gasteiger partial charge in [0.15, 0.2) is 5.67 Å². The van der Waals surface area contributed by atoms with Crippen molar-refractivity contribution in [2.45, 2.75) is 37.9 Å². The monoisotopic (exact) mass is 696 g/mol. The minimum absolute atomic E-state index is 0.328. The number of aliphatic hydroxyl groups excluding tert-OH is 1. The molecule has 0 saturated carbocycles. The average molecular weight is 698 g/mol. The van der Waals surface area contributed by atoms with Crippen molar-refractivity contribution in [2.75, 3.05) is 68.8 Å². The van der Waals surface area contributed by atoms with E-state index in [1.165, 1.54) is 5.56 Å². The third kappa shape index (κ3) is 6.56. The molecule has 4 aromatic rings.